The molecule has 0 aromatic heterocycles. The summed E-state index contributed by atoms with van der Waals surface area (Å²) in [7, 11) is 1.58. The molecule has 0 spiro atoms. The van der Waals surface area contributed by atoms with Crippen LogP contribution in [0, 0.1) is 0 Å². The SMILES string of the molecule is COc1ccc(Br)cc1C=C1Oc2c(ccc([O-])c2C[NH+]2CCCC2)C1=O. The van der Waals surface area contributed by atoms with E-state index in [-0.39, 0.29) is 17.3 Å². The van der Waals surface area contributed by atoms with Crippen LogP contribution in [0.3, 0.4) is 0 Å². The van der Waals surface area contributed by atoms with E-state index in [2.05, 4.69) is 15.9 Å². The summed E-state index contributed by atoms with van der Waals surface area (Å²) in [6, 6.07) is 8.60. The molecule has 5 nitrogen and oxygen atoms in total. The Bertz CT molecular complexity index is 932. The molecular weight excluding hydrogens is 410 g/mol. The largest absolute Gasteiger partial charge is 0.872 e. The summed E-state index contributed by atoms with van der Waals surface area (Å²) in [5.41, 5.74) is 1.79. The van der Waals surface area contributed by atoms with Gasteiger partial charge in [-0.3, -0.25) is 4.79 Å². The number of carbonyl (C=O) groups is 1. The van der Waals surface area contributed by atoms with Gasteiger partial charge in [0.2, 0.25) is 5.78 Å². The molecule has 2 aliphatic heterocycles. The lowest BCUT2D eigenvalue weighted by atomic mass is 10.0. The maximum absolute atomic E-state index is 12.8. The van der Waals surface area contributed by atoms with E-state index in [4.69, 9.17) is 9.47 Å². The van der Waals surface area contributed by atoms with Crippen LogP contribution in [0.2, 0.25) is 0 Å². The first-order valence-electron chi connectivity index (χ1n) is 9.01. The maximum atomic E-state index is 12.8. The number of hydrogen-bond donors (Lipinski definition) is 1. The number of methoxy groups -OCH3 is 1. The molecule has 0 unspecified atom stereocenters. The van der Waals surface area contributed by atoms with Crippen molar-refractivity contribution in [1.82, 2.24) is 0 Å². The van der Waals surface area contributed by atoms with Crippen LogP contribution >= 0.6 is 15.9 Å². The fourth-order valence-electron chi connectivity index (χ4n) is 3.72. The second-order valence-corrected chi connectivity index (χ2v) is 7.79. The van der Waals surface area contributed by atoms with Crippen LogP contribution in [0.4, 0.5) is 0 Å². The first kappa shape index (κ1) is 18.1. The van der Waals surface area contributed by atoms with Gasteiger partial charge in [-0.1, -0.05) is 27.7 Å². The number of ketones is 1. The standard InChI is InChI=1S/C21H20BrNO4/c1-26-18-7-4-14(22)10-13(18)11-19-20(25)15-5-6-17(24)16(21(15)27-19)12-23-8-2-3-9-23/h4-7,10-11,24H,2-3,8-9,12H2,1H3. The van der Waals surface area contributed by atoms with Gasteiger partial charge in [0, 0.05) is 28.4 Å². The van der Waals surface area contributed by atoms with E-state index in [9.17, 15) is 9.90 Å². The predicted molar refractivity (Wildman–Crippen MR) is 103 cm³/mol. The first-order valence-corrected chi connectivity index (χ1v) is 9.80. The highest BCUT2D eigenvalue weighted by molar-refractivity contribution is 9.10. The molecule has 0 bridgehead atoms. The number of halogens is 1. The van der Waals surface area contributed by atoms with Crippen molar-refractivity contribution in [2.24, 2.45) is 0 Å². The molecule has 2 aliphatic rings. The van der Waals surface area contributed by atoms with Crippen molar-refractivity contribution in [1.29, 1.82) is 0 Å². The number of fused-ring (bicyclic) bond motifs is 1. The van der Waals surface area contributed by atoms with Crippen molar-refractivity contribution in [3.63, 3.8) is 0 Å². The van der Waals surface area contributed by atoms with Gasteiger partial charge in [-0.2, -0.15) is 0 Å². The van der Waals surface area contributed by atoms with Gasteiger partial charge in [0.1, 0.15) is 18.0 Å². The monoisotopic (exact) mass is 429 g/mol. The average molecular weight is 430 g/mol. The van der Waals surface area contributed by atoms with Crippen LogP contribution in [0.25, 0.3) is 6.08 Å². The molecule has 140 valence electrons. The van der Waals surface area contributed by atoms with Gasteiger partial charge in [-0.05, 0) is 30.3 Å². The van der Waals surface area contributed by atoms with E-state index in [0.29, 0.717) is 29.2 Å². The highest BCUT2D eigenvalue weighted by atomic mass is 79.9. The van der Waals surface area contributed by atoms with Crippen molar-refractivity contribution in [3.8, 4) is 17.2 Å². The fourth-order valence-corrected chi connectivity index (χ4v) is 4.10. The average Bonchev–Trinajstić information content (AvgIpc) is 3.27. The number of quaternary nitrogens is 1. The zero-order chi connectivity index (χ0) is 19.0. The van der Waals surface area contributed by atoms with Crippen molar-refractivity contribution in [2.75, 3.05) is 20.2 Å². The van der Waals surface area contributed by atoms with Gasteiger partial charge in [-0.15, -0.1) is 0 Å². The number of carbonyl (C=O) groups excluding carboxylic acids is 1. The molecule has 2 aromatic carbocycles. The Morgan fingerprint density at radius 2 is 2.04 bits per heavy atom. The van der Waals surface area contributed by atoms with Crippen molar-refractivity contribution >= 4 is 27.8 Å². The van der Waals surface area contributed by atoms with Crippen LogP contribution in [0.1, 0.15) is 34.3 Å². The Kier molecular flexibility index (Phi) is 4.93. The van der Waals surface area contributed by atoms with Gasteiger partial charge < -0.3 is 19.5 Å². The van der Waals surface area contributed by atoms with E-state index >= 15 is 0 Å². The van der Waals surface area contributed by atoms with Crippen LogP contribution in [-0.4, -0.2) is 26.0 Å². The van der Waals surface area contributed by atoms with Gasteiger partial charge in [0.05, 0.1) is 25.8 Å². The van der Waals surface area contributed by atoms with Gasteiger partial charge >= 0.3 is 0 Å². The number of hydrogen-bond acceptors (Lipinski definition) is 4. The minimum Gasteiger partial charge on any atom is -0.872 e. The lowest BCUT2D eigenvalue weighted by Gasteiger charge is -2.19. The highest BCUT2D eigenvalue weighted by Gasteiger charge is 2.31. The summed E-state index contributed by atoms with van der Waals surface area (Å²) in [6.07, 6.45) is 4.02. The Morgan fingerprint density at radius 3 is 2.78 bits per heavy atom. The maximum Gasteiger partial charge on any atom is 0.231 e. The molecule has 1 N–H and O–H groups in total. The highest BCUT2D eigenvalue weighted by Crippen LogP contribution is 2.39. The lowest BCUT2D eigenvalue weighted by molar-refractivity contribution is -0.901. The normalized spacial score (nSPS) is 18.0. The molecule has 4 rings (SSSR count). The van der Waals surface area contributed by atoms with Crippen LogP contribution in [0.5, 0.6) is 17.2 Å². The minimum absolute atomic E-state index is 0.0674. The molecule has 0 amide bonds. The molecule has 2 heterocycles. The van der Waals surface area contributed by atoms with Gasteiger partial charge in [0.15, 0.2) is 5.76 Å². The van der Waals surface area contributed by atoms with E-state index < -0.39 is 0 Å². The number of benzene rings is 2. The number of allylic oxidation sites excluding steroid dienone is 1. The molecule has 0 radical (unpaired) electrons. The zero-order valence-corrected chi connectivity index (χ0v) is 16.6. The molecule has 0 atom stereocenters. The Morgan fingerprint density at radius 1 is 1.26 bits per heavy atom. The van der Waals surface area contributed by atoms with Gasteiger partial charge in [-0.25, -0.2) is 0 Å². The first-order chi connectivity index (χ1) is 13.1. The number of Topliss-reactive ketones (excluding diaryl/α,β-unsaturated/α-hetero) is 1. The molecule has 2 aromatic rings. The molecule has 0 aliphatic carbocycles. The Labute approximate surface area is 166 Å². The topological polar surface area (TPSA) is 63.0 Å². The van der Waals surface area contributed by atoms with Crippen molar-refractivity contribution in [2.45, 2.75) is 19.4 Å². The quantitative estimate of drug-likeness (QED) is 0.757. The number of nitrogens with one attached hydrogen (secondary N) is 1. The fraction of sp³-hybridized carbons (Fsp3) is 0.286. The number of rotatable bonds is 4. The van der Waals surface area contributed by atoms with E-state index in [1.54, 1.807) is 19.3 Å². The number of likely N-dealkylation sites (tertiary alicyclic amines) is 1. The van der Waals surface area contributed by atoms with Crippen LogP contribution in [0.15, 0.2) is 40.6 Å². The van der Waals surface area contributed by atoms with Crippen molar-refractivity contribution < 1.29 is 24.3 Å². The second kappa shape index (κ2) is 7.37. The molecule has 1 fully saturated rings. The van der Waals surface area contributed by atoms with E-state index in [1.807, 2.05) is 18.2 Å². The van der Waals surface area contributed by atoms with E-state index in [1.165, 1.54) is 23.8 Å². The minimum atomic E-state index is -0.204. The zero-order valence-electron chi connectivity index (χ0n) is 15.0. The summed E-state index contributed by atoms with van der Waals surface area (Å²) in [5, 5.41) is 12.4. The van der Waals surface area contributed by atoms with E-state index in [0.717, 1.165) is 23.1 Å². The molecule has 1 saturated heterocycles. The summed E-state index contributed by atoms with van der Waals surface area (Å²) in [5.74, 6) is 1.01. The third-order valence-corrected chi connectivity index (χ3v) is 5.61. The lowest BCUT2D eigenvalue weighted by Crippen LogP contribution is -3.08. The summed E-state index contributed by atoms with van der Waals surface area (Å²) >= 11 is 3.43. The van der Waals surface area contributed by atoms with Gasteiger partial charge in [0.25, 0.3) is 0 Å². The third-order valence-electron chi connectivity index (χ3n) is 5.11. The predicted octanol–water partition coefficient (Wildman–Crippen LogP) is 2.33. The van der Waals surface area contributed by atoms with Crippen molar-refractivity contribution in [3.05, 3.63) is 57.3 Å². The summed E-state index contributed by atoms with van der Waals surface area (Å²) in [6.45, 7) is 2.70. The molecule has 27 heavy (non-hydrogen) atoms. The second-order valence-electron chi connectivity index (χ2n) is 6.88. The third kappa shape index (κ3) is 3.47. The molecule has 0 saturated carbocycles. The molecular formula is C21H20BrNO4. The Hall–Kier alpha value is -2.31. The number of ether oxygens (including phenoxy) is 2. The summed E-state index contributed by atoms with van der Waals surface area (Å²) in [4.78, 5) is 14.2. The van der Waals surface area contributed by atoms with Crippen LogP contribution < -0.4 is 19.5 Å². The molecule has 6 heteroatoms. The Balaban J connectivity index is 1.71. The summed E-state index contributed by atoms with van der Waals surface area (Å²) < 4.78 is 12.2. The smallest absolute Gasteiger partial charge is 0.231 e. The van der Waals surface area contributed by atoms with Crippen LogP contribution in [-0.2, 0) is 6.54 Å².